The highest BCUT2D eigenvalue weighted by Crippen LogP contribution is 2.19. The van der Waals surface area contributed by atoms with Gasteiger partial charge in [-0.3, -0.25) is 9.47 Å². The van der Waals surface area contributed by atoms with E-state index in [0.717, 1.165) is 5.56 Å². The van der Waals surface area contributed by atoms with Gasteiger partial charge >= 0.3 is 17.8 Å². The molecule has 24 heavy (non-hydrogen) atoms. The molecule has 0 unspecified atom stereocenters. The molecule has 9 nitrogen and oxygen atoms in total. The third-order valence-corrected chi connectivity index (χ3v) is 3.82. The van der Waals surface area contributed by atoms with Crippen molar-refractivity contribution in [1.82, 2.24) is 14.5 Å². The summed E-state index contributed by atoms with van der Waals surface area (Å²) < 4.78 is 7.14. The van der Waals surface area contributed by atoms with E-state index in [-0.39, 0.29) is 17.4 Å². The fourth-order valence-electron chi connectivity index (χ4n) is 2.55. The maximum absolute atomic E-state index is 10.9. The molecule has 0 radical (unpaired) electrons. The van der Waals surface area contributed by atoms with Crippen molar-refractivity contribution in [3.05, 3.63) is 51.7 Å². The molecule has 0 saturated heterocycles. The summed E-state index contributed by atoms with van der Waals surface area (Å²) in [7, 11) is 0. The van der Waals surface area contributed by atoms with Gasteiger partial charge in [0.1, 0.15) is 12.8 Å². The Kier molecular flexibility index (Phi) is 4.43. The molecular weight excluding hydrogens is 316 g/mol. The minimum Gasteiger partial charge on any atom is -0.478 e. The summed E-state index contributed by atoms with van der Waals surface area (Å²) >= 11 is 0. The molecule has 9 heteroatoms. The van der Waals surface area contributed by atoms with E-state index < -0.39 is 10.9 Å². The first-order valence-corrected chi connectivity index (χ1v) is 7.42. The first-order valence-electron chi connectivity index (χ1n) is 7.42. The first-order chi connectivity index (χ1) is 11.5. The average molecular weight is 332 g/mol. The molecule has 126 valence electrons. The standard InChI is InChI=1S/C15H16N4O5/c20-14(21)12-3-1-11(2-4-12)9-17-5-6-18-10-13(19(22)23)16-15(18)24-8-7-17/h1-4,10H,5-9H2,(H,20,21). The van der Waals surface area contributed by atoms with Gasteiger partial charge in [-0.2, -0.15) is 0 Å². The van der Waals surface area contributed by atoms with E-state index in [1.807, 2.05) is 0 Å². The highest BCUT2D eigenvalue weighted by molar-refractivity contribution is 5.87. The fraction of sp³-hybridized carbons (Fsp3) is 0.333. The van der Waals surface area contributed by atoms with Crippen LogP contribution in [0.4, 0.5) is 5.82 Å². The molecule has 1 N–H and O–H groups in total. The number of nitrogens with zero attached hydrogens (tertiary/aromatic N) is 4. The number of hydrogen-bond donors (Lipinski definition) is 1. The fourth-order valence-corrected chi connectivity index (χ4v) is 2.55. The van der Waals surface area contributed by atoms with Crippen molar-refractivity contribution in [2.24, 2.45) is 0 Å². The Morgan fingerprint density at radius 3 is 2.71 bits per heavy atom. The molecule has 1 aromatic heterocycles. The number of imidazole rings is 1. The van der Waals surface area contributed by atoms with E-state index in [0.29, 0.717) is 32.8 Å². The lowest BCUT2D eigenvalue weighted by Crippen LogP contribution is -2.33. The second-order valence-corrected chi connectivity index (χ2v) is 5.46. The topological polar surface area (TPSA) is 111 Å². The summed E-state index contributed by atoms with van der Waals surface area (Å²) in [6.45, 7) is 2.89. The zero-order valence-electron chi connectivity index (χ0n) is 12.8. The van der Waals surface area contributed by atoms with E-state index in [4.69, 9.17) is 9.84 Å². The quantitative estimate of drug-likeness (QED) is 0.665. The summed E-state index contributed by atoms with van der Waals surface area (Å²) in [6, 6.07) is 7.00. The Morgan fingerprint density at radius 1 is 1.29 bits per heavy atom. The lowest BCUT2D eigenvalue weighted by Gasteiger charge is -2.24. The molecule has 1 aliphatic rings. The SMILES string of the molecule is O=C(O)c1ccc(CN2CCOc3nc([N+](=O)[O-])cn3CC2)cc1. The summed E-state index contributed by atoms with van der Waals surface area (Å²) in [6.07, 6.45) is 1.38. The van der Waals surface area contributed by atoms with Gasteiger partial charge in [-0.15, -0.1) is 0 Å². The molecular formula is C15H16N4O5. The van der Waals surface area contributed by atoms with Crippen molar-refractivity contribution in [2.45, 2.75) is 13.1 Å². The number of carbonyl (C=O) groups is 1. The van der Waals surface area contributed by atoms with E-state index in [1.165, 1.54) is 6.20 Å². The Labute approximate surface area is 137 Å². The maximum atomic E-state index is 10.9. The molecule has 3 rings (SSSR count). The van der Waals surface area contributed by atoms with Gasteiger partial charge in [-0.1, -0.05) is 12.1 Å². The van der Waals surface area contributed by atoms with Gasteiger partial charge in [0.15, 0.2) is 0 Å². The number of ether oxygens (including phenoxy) is 1. The zero-order chi connectivity index (χ0) is 17.1. The average Bonchev–Trinajstić information content (AvgIpc) is 2.93. The predicted octanol–water partition coefficient (Wildman–Crippen LogP) is 1.38. The minimum absolute atomic E-state index is 0.220. The Balaban J connectivity index is 1.66. The number of carboxylic acids is 1. The van der Waals surface area contributed by atoms with Gasteiger partial charge in [0.05, 0.1) is 5.56 Å². The van der Waals surface area contributed by atoms with Crippen LogP contribution < -0.4 is 4.74 Å². The first kappa shape index (κ1) is 15.9. The number of aromatic carboxylic acids is 1. The number of rotatable bonds is 4. The molecule has 0 bridgehead atoms. The lowest BCUT2D eigenvalue weighted by molar-refractivity contribution is -0.389. The molecule has 0 aliphatic carbocycles. The van der Waals surface area contributed by atoms with Crippen LogP contribution in [0, 0.1) is 10.1 Å². The van der Waals surface area contributed by atoms with E-state index in [1.54, 1.807) is 28.8 Å². The van der Waals surface area contributed by atoms with Gasteiger partial charge in [-0.05, 0) is 22.6 Å². The number of carboxylic acid groups (broad SMARTS) is 1. The van der Waals surface area contributed by atoms with Crippen LogP contribution in [-0.4, -0.2) is 50.1 Å². The van der Waals surface area contributed by atoms with E-state index in [2.05, 4.69) is 9.88 Å². The molecule has 0 fully saturated rings. The molecule has 1 aliphatic heterocycles. The molecule has 0 saturated carbocycles. The number of fused-ring (bicyclic) bond motifs is 1. The maximum Gasteiger partial charge on any atom is 0.414 e. The minimum atomic E-state index is -0.949. The van der Waals surface area contributed by atoms with Crippen LogP contribution >= 0.6 is 0 Å². The van der Waals surface area contributed by atoms with E-state index in [9.17, 15) is 14.9 Å². The lowest BCUT2D eigenvalue weighted by atomic mass is 10.1. The molecule has 2 heterocycles. The molecule has 0 atom stereocenters. The Hall–Kier alpha value is -2.94. The summed E-state index contributed by atoms with van der Waals surface area (Å²) in [4.78, 5) is 27.1. The summed E-state index contributed by atoms with van der Waals surface area (Å²) in [5.74, 6) is -1.17. The molecule has 0 spiro atoms. The van der Waals surface area contributed by atoms with Crippen molar-refractivity contribution in [2.75, 3.05) is 19.7 Å². The van der Waals surface area contributed by atoms with Crippen molar-refractivity contribution in [1.29, 1.82) is 0 Å². The van der Waals surface area contributed by atoms with Crippen molar-refractivity contribution in [3.63, 3.8) is 0 Å². The number of aromatic nitrogens is 2. The van der Waals surface area contributed by atoms with Crippen LogP contribution in [0.2, 0.25) is 0 Å². The number of hydrogen-bond acceptors (Lipinski definition) is 6. The van der Waals surface area contributed by atoms with Crippen LogP contribution in [0.5, 0.6) is 6.01 Å². The van der Waals surface area contributed by atoms with Crippen LogP contribution in [0.15, 0.2) is 30.5 Å². The van der Waals surface area contributed by atoms with Crippen LogP contribution in [0.3, 0.4) is 0 Å². The summed E-state index contributed by atoms with van der Waals surface area (Å²) in [5, 5.41) is 19.7. The monoisotopic (exact) mass is 332 g/mol. The van der Waals surface area contributed by atoms with Crippen molar-refractivity contribution in [3.8, 4) is 6.01 Å². The second-order valence-electron chi connectivity index (χ2n) is 5.46. The third kappa shape index (κ3) is 3.51. The van der Waals surface area contributed by atoms with Crippen molar-refractivity contribution < 1.29 is 19.6 Å². The van der Waals surface area contributed by atoms with E-state index >= 15 is 0 Å². The van der Waals surface area contributed by atoms with Gasteiger partial charge in [0.25, 0.3) is 0 Å². The van der Waals surface area contributed by atoms with Gasteiger partial charge < -0.3 is 20.0 Å². The smallest absolute Gasteiger partial charge is 0.414 e. The highest BCUT2D eigenvalue weighted by Gasteiger charge is 2.22. The Bertz CT molecular complexity index is 756. The molecule has 1 aromatic carbocycles. The zero-order valence-corrected chi connectivity index (χ0v) is 12.8. The summed E-state index contributed by atoms with van der Waals surface area (Å²) in [5.41, 5.74) is 1.25. The second kappa shape index (κ2) is 6.67. The Morgan fingerprint density at radius 2 is 2.04 bits per heavy atom. The number of benzene rings is 1. The number of nitro groups is 1. The van der Waals surface area contributed by atoms with Gasteiger partial charge in [0, 0.05) is 31.2 Å². The molecule has 2 aromatic rings. The van der Waals surface area contributed by atoms with Crippen LogP contribution in [-0.2, 0) is 13.1 Å². The van der Waals surface area contributed by atoms with Gasteiger partial charge in [0.2, 0.25) is 0 Å². The predicted molar refractivity (Wildman–Crippen MR) is 83.1 cm³/mol. The van der Waals surface area contributed by atoms with Crippen LogP contribution in [0.1, 0.15) is 15.9 Å². The van der Waals surface area contributed by atoms with Crippen LogP contribution in [0.25, 0.3) is 0 Å². The normalized spacial score (nSPS) is 15.0. The highest BCUT2D eigenvalue weighted by atomic mass is 16.6. The molecule has 0 amide bonds. The third-order valence-electron chi connectivity index (χ3n) is 3.82. The van der Waals surface area contributed by atoms with Gasteiger partial charge in [-0.25, -0.2) is 4.79 Å². The van der Waals surface area contributed by atoms with Crippen molar-refractivity contribution >= 4 is 11.8 Å². The largest absolute Gasteiger partial charge is 0.478 e.